The molecule has 0 saturated carbocycles. The number of pyridine rings is 1. The molecule has 3 aromatic carbocycles. The summed E-state index contributed by atoms with van der Waals surface area (Å²) in [6, 6.07) is 29.7. The Labute approximate surface area is 207 Å². The van der Waals surface area contributed by atoms with Crippen molar-refractivity contribution in [3.8, 4) is 28.5 Å². The van der Waals surface area contributed by atoms with E-state index >= 15 is 0 Å². The Morgan fingerprint density at radius 2 is 1.54 bits per heavy atom. The second-order valence-corrected chi connectivity index (χ2v) is 8.69. The molecule has 1 amide bonds. The summed E-state index contributed by atoms with van der Waals surface area (Å²) in [7, 11) is 0. The number of hydrogen-bond donors (Lipinski definition) is 2. The van der Waals surface area contributed by atoms with Gasteiger partial charge in [-0.05, 0) is 35.9 Å². The van der Waals surface area contributed by atoms with Gasteiger partial charge >= 0.3 is 5.97 Å². The summed E-state index contributed by atoms with van der Waals surface area (Å²) in [5.41, 5.74) is 4.58. The molecule has 35 heavy (non-hydrogen) atoms. The van der Waals surface area contributed by atoms with Crippen LogP contribution < -0.4 is 5.32 Å². The van der Waals surface area contributed by atoms with Crippen LogP contribution in [0.25, 0.3) is 22.4 Å². The number of nitriles is 1. The lowest BCUT2D eigenvalue weighted by Crippen LogP contribution is -2.12. The molecule has 1 aromatic heterocycles. The molecule has 1 heterocycles. The number of aromatic carboxylic acids is 1. The normalized spacial score (nSPS) is 10.4. The minimum absolute atomic E-state index is 0.154. The molecular formula is C28H21N3O3S. The number of carboxylic acid groups (broad SMARTS) is 1. The molecule has 0 aliphatic carbocycles. The van der Waals surface area contributed by atoms with Crippen LogP contribution in [0.1, 0.15) is 22.3 Å². The van der Waals surface area contributed by atoms with Gasteiger partial charge in [-0.25, -0.2) is 9.78 Å². The first-order valence-electron chi connectivity index (χ1n) is 10.9. The van der Waals surface area contributed by atoms with Gasteiger partial charge in [0, 0.05) is 29.0 Å². The van der Waals surface area contributed by atoms with E-state index in [2.05, 4.69) is 11.4 Å². The molecule has 7 heteroatoms. The number of thioether (sulfide) groups is 1. The van der Waals surface area contributed by atoms with Gasteiger partial charge in [0.2, 0.25) is 5.91 Å². The smallest absolute Gasteiger partial charge is 0.335 e. The molecule has 0 bridgehead atoms. The minimum atomic E-state index is -1.02. The van der Waals surface area contributed by atoms with E-state index in [9.17, 15) is 14.9 Å². The number of nitrogens with zero attached hydrogens (tertiary/aromatic N) is 2. The number of anilines is 1. The first kappa shape index (κ1) is 23.7. The Balaban J connectivity index is 1.54. The Hall–Kier alpha value is -4.41. The lowest BCUT2D eigenvalue weighted by Gasteiger charge is -2.12. The molecule has 4 rings (SSSR count). The first-order chi connectivity index (χ1) is 17.0. The molecule has 4 aromatic rings. The van der Waals surface area contributed by atoms with Crippen LogP contribution in [-0.2, 0) is 4.79 Å². The van der Waals surface area contributed by atoms with Gasteiger partial charge in [0.15, 0.2) is 0 Å². The number of carbonyl (C=O) groups is 2. The van der Waals surface area contributed by atoms with Gasteiger partial charge in [-0.3, -0.25) is 4.79 Å². The van der Waals surface area contributed by atoms with E-state index < -0.39 is 5.97 Å². The summed E-state index contributed by atoms with van der Waals surface area (Å²) in [5, 5.41) is 22.3. The number of benzene rings is 3. The average molecular weight is 480 g/mol. The fraction of sp³-hybridized carbons (Fsp3) is 0.0714. The van der Waals surface area contributed by atoms with Gasteiger partial charge in [-0.1, -0.05) is 60.7 Å². The number of amides is 1. The highest BCUT2D eigenvalue weighted by molar-refractivity contribution is 7.99. The van der Waals surface area contributed by atoms with Gasteiger partial charge < -0.3 is 10.4 Å². The SMILES string of the molecule is N#Cc1c(-c2ccccc2)cc(-c2ccccc2)nc1SCCC(=O)Nc1ccc(C(=O)O)cc1. The highest BCUT2D eigenvalue weighted by atomic mass is 32.2. The van der Waals surface area contributed by atoms with Crippen molar-refractivity contribution >= 4 is 29.3 Å². The van der Waals surface area contributed by atoms with E-state index in [1.807, 2.05) is 66.7 Å². The fourth-order valence-corrected chi connectivity index (χ4v) is 4.44. The van der Waals surface area contributed by atoms with E-state index in [0.717, 1.165) is 22.4 Å². The highest BCUT2D eigenvalue weighted by Crippen LogP contribution is 2.34. The van der Waals surface area contributed by atoms with Gasteiger partial charge in [0.25, 0.3) is 0 Å². The predicted molar refractivity (Wildman–Crippen MR) is 137 cm³/mol. The molecule has 0 fully saturated rings. The third kappa shape index (κ3) is 5.94. The second kappa shape index (κ2) is 11.1. The lowest BCUT2D eigenvalue weighted by molar-refractivity contribution is -0.115. The second-order valence-electron chi connectivity index (χ2n) is 7.61. The summed E-state index contributed by atoms with van der Waals surface area (Å²) >= 11 is 1.36. The molecule has 0 saturated heterocycles. The molecule has 0 radical (unpaired) electrons. The van der Waals surface area contributed by atoms with Crippen LogP contribution >= 0.6 is 11.8 Å². The summed E-state index contributed by atoms with van der Waals surface area (Å²) in [6.45, 7) is 0. The topological polar surface area (TPSA) is 103 Å². The summed E-state index contributed by atoms with van der Waals surface area (Å²) in [4.78, 5) is 28.2. The van der Waals surface area contributed by atoms with E-state index in [1.54, 1.807) is 12.1 Å². The van der Waals surface area contributed by atoms with Gasteiger partial charge in [-0.15, -0.1) is 11.8 Å². The molecule has 0 aliphatic rings. The Kier molecular flexibility index (Phi) is 7.56. The van der Waals surface area contributed by atoms with Gasteiger partial charge in [0.05, 0.1) is 16.8 Å². The largest absolute Gasteiger partial charge is 0.478 e. The Morgan fingerprint density at radius 3 is 2.14 bits per heavy atom. The zero-order chi connectivity index (χ0) is 24.6. The number of carbonyl (C=O) groups excluding carboxylic acids is 1. The number of rotatable bonds is 8. The molecule has 0 spiro atoms. The van der Waals surface area contributed by atoms with Crippen LogP contribution in [-0.4, -0.2) is 27.7 Å². The Morgan fingerprint density at radius 1 is 0.914 bits per heavy atom. The fourth-order valence-electron chi connectivity index (χ4n) is 3.50. The van der Waals surface area contributed by atoms with E-state index in [1.165, 1.54) is 23.9 Å². The van der Waals surface area contributed by atoms with Crippen molar-refractivity contribution in [1.29, 1.82) is 5.26 Å². The van der Waals surface area contributed by atoms with Crippen LogP contribution in [0, 0.1) is 11.3 Å². The van der Waals surface area contributed by atoms with Crippen molar-refractivity contribution in [3.05, 3.63) is 102 Å². The average Bonchev–Trinajstić information content (AvgIpc) is 2.89. The zero-order valence-electron chi connectivity index (χ0n) is 18.6. The molecule has 0 aliphatic heterocycles. The van der Waals surface area contributed by atoms with Gasteiger partial charge in [-0.2, -0.15) is 5.26 Å². The van der Waals surface area contributed by atoms with Crippen LogP contribution in [0.15, 0.2) is 96.0 Å². The molecule has 172 valence electrons. The summed E-state index contributed by atoms with van der Waals surface area (Å²) in [6.07, 6.45) is 0.203. The van der Waals surface area contributed by atoms with E-state index in [-0.39, 0.29) is 17.9 Å². The van der Waals surface area contributed by atoms with Crippen molar-refractivity contribution in [3.63, 3.8) is 0 Å². The minimum Gasteiger partial charge on any atom is -0.478 e. The molecular weight excluding hydrogens is 458 g/mol. The van der Waals surface area contributed by atoms with Crippen molar-refractivity contribution < 1.29 is 14.7 Å². The summed E-state index contributed by atoms with van der Waals surface area (Å²) < 4.78 is 0. The van der Waals surface area contributed by atoms with Crippen LogP contribution in [0.5, 0.6) is 0 Å². The molecule has 2 N–H and O–H groups in total. The van der Waals surface area contributed by atoms with Crippen LogP contribution in [0.4, 0.5) is 5.69 Å². The quantitative estimate of drug-likeness (QED) is 0.296. The van der Waals surface area contributed by atoms with E-state index in [4.69, 9.17) is 10.1 Å². The Bertz CT molecular complexity index is 1380. The predicted octanol–water partition coefficient (Wildman–Crippen LogP) is 6.11. The lowest BCUT2D eigenvalue weighted by atomic mass is 9.99. The molecule has 0 unspecified atom stereocenters. The maximum Gasteiger partial charge on any atom is 0.335 e. The third-order valence-electron chi connectivity index (χ3n) is 5.24. The standard InChI is InChI=1S/C28H21N3O3S/c29-18-24-23(19-7-3-1-4-8-19)17-25(20-9-5-2-6-10-20)31-27(24)35-16-15-26(32)30-22-13-11-21(12-14-22)28(33)34/h1-14,17H,15-16H2,(H,30,32)(H,33,34). The number of nitrogens with one attached hydrogen (secondary N) is 1. The molecule has 6 nitrogen and oxygen atoms in total. The maximum atomic E-state index is 12.4. The third-order valence-corrected chi connectivity index (χ3v) is 6.21. The van der Waals surface area contributed by atoms with E-state index in [0.29, 0.717) is 22.0 Å². The zero-order valence-corrected chi connectivity index (χ0v) is 19.5. The van der Waals surface area contributed by atoms with Crippen LogP contribution in [0.2, 0.25) is 0 Å². The number of aromatic nitrogens is 1. The monoisotopic (exact) mass is 479 g/mol. The molecule has 0 atom stereocenters. The van der Waals surface area contributed by atoms with Crippen molar-refractivity contribution in [2.45, 2.75) is 11.4 Å². The summed E-state index contributed by atoms with van der Waals surface area (Å²) in [5.74, 6) is -0.804. The number of hydrogen-bond acceptors (Lipinski definition) is 5. The van der Waals surface area contributed by atoms with Crippen molar-refractivity contribution in [2.75, 3.05) is 11.1 Å². The van der Waals surface area contributed by atoms with Gasteiger partial charge in [0.1, 0.15) is 11.1 Å². The van der Waals surface area contributed by atoms with Crippen molar-refractivity contribution in [1.82, 2.24) is 4.98 Å². The highest BCUT2D eigenvalue weighted by Gasteiger charge is 2.16. The maximum absolute atomic E-state index is 12.4. The van der Waals surface area contributed by atoms with Crippen molar-refractivity contribution in [2.24, 2.45) is 0 Å². The first-order valence-corrected chi connectivity index (χ1v) is 11.9. The van der Waals surface area contributed by atoms with Crippen LogP contribution in [0.3, 0.4) is 0 Å². The number of carboxylic acids is 1.